The minimum absolute atomic E-state index is 0.345. The number of aliphatic hydroxyl groups is 1. The van der Waals surface area contributed by atoms with Crippen molar-refractivity contribution in [2.45, 2.75) is 38.0 Å². The Kier molecular flexibility index (Phi) is 6.52. The molecule has 0 saturated carbocycles. The molecule has 0 bridgehead atoms. The number of nitrogens with zero attached hydrogens (tertiary/aromatic N) is 3. The Balaban J connectivity index is 1.17. The standard InChI is InChI=1S/C23H30N4O2/c28-16-22(29)20-14-25-23(26-15-20)27-11-8-17(9-12-27)13-24-10-7-19-6-5-18-3-1-2-4-21(18)19/h1-4,14-15,17,19,24,28H,5-13,16H2. The molecule has 0 amide bonds. The highest BCUT2D eigenvalue weighted by atomic mass is 16.3. The smallest absolute Gasteiger partial charge is 0.225 e. The molecule has 1 fully saturated rings. The summed E-state index contributed by atoms with van der Waals surface area (Å²) in [6.07, 6.45) is 9.02. The zero-order chi connectivity index (χ0) is 20.1. The van der Waals surface area contributed by atoms with Gasteiger partial charge in [-0.05, 0) is 68.2 Å². The van der Waals surface area contributed by atoms with Crippen molar-refractivity contribution < 1.29 is 9.90 Å². The van der Waals surface area contributed by atoms with Gasteiger partial charge >= 0.3 is 0 Å². The van der Waals surface area contributed by atoms with Gasteiger partial charge in [-0.1, -0.05) is 24.3 Å². The number of ketones is 1. The second-order valence-corrected chi connectivity index (χ2v) is 8.21. The van der Waals surface area contributed by atoms with Crippen LogP contribution in [0.2, 0.25) is 0 Å². The van der Waals surface area contributed by atoms with Crippen molar-refractivity contribution in [3.63, 3.8) is 0 Å². The number of hydrogen-bond donors (Lipinski definition) is 2. The Hall–Kier alpha value is -2.31. The molecule has 154 valence electrons. The molecule has 0 radical (unpaired) electrons. The molecule has 2 N–H and O–H groups in total. The summed E-state index contributed by atoms with van der Waals surface area (Å²) in [4.78, 5) is 22.2. The Labute approximate surface area is 172 Å². The van der Waals surface area contributed by atoms with Crippen molar-refractivity contribution in [3.05, 3.63) is 53.3 Å². The fourth-order valence-corrected chi connectivity index (χ4v) is 4.58. The number of carbonyl (C=O) groups is 1. The summed E-state index contributed by atoms with van der Waals surface area (Å²) in [6.45, 7) is 3.54. The summed E-state index contributed by atoms with van der Waals surface area (Å²) < 4.78 is 0. The Morgan fingerprint density at radius 1 is 1.14 bits per heavy atom. The monoisotopic (exact) mass is 394 g/mol. The van der Waals surface area contributed by atoms with Crippen molar-refractivity contribution in [1.29, 1.82) is 0 Å². The second-order valence-electron chi connectivity index (χ2n) is 8.21. The number of Topliss-reactive ketones (excluding diaryl/α,β-unsaturated/α-hetero) is 1. The largest absolute Gasteiger partial charge is 0.388 e. The maximum atomic E-state index is 11.5. The minimum Gasteiger partial charge on any atom is -0.388 e. The van der Waals surface area contributed by atoms with Crippen molar-refractivity contribution in [3.8, 4) is 0 Å². The quantitative estimate of drug-likeness (QED) is 0.529. The minimum atomic E-state index is -0.506. The number of aromatic nitrogens is 2. The molecule has 1 unspecified atom stereocenters. The first-order chi connectivity index (χ1) is 14.2. The Morgan fingerprint density at radius 3 is 2.66 bits per heavy atom. The van der Waals surface area contributed by atoms with E-state index in [1.807, 2.05) is 0 Å². The lowest BCUT2D eigenvalue weighted by molar-refractivity contribution is 0.0903. The Morgan fingerprint density at radius 2 is 1.90 bits per heavy atom. The zero-order valence-electron chi connectivity index (χ0n) is 16.9. The first-order valence-electron chi connectivity index (χ1n) is 10.7. The van der Waals surface area contributed by atoms with Gasteiger partial charge in [0.2, 0.25) is 5.95 Å². The van der Waals surface area contributed by atoms with E-state index in [4.69, 9.17) is 5.11 Å². The van der Waals surface area contributed by atoms with Gasteiger partial charge in [-0.25, -0.2) is 9.97 Å². The van der Waals surface area contributed by atoms with E-state index in [0.29, 0.717) is 17.4 Å². The van der Waals surface area contributed by atoms with E-state index in [0.717, 1.165) is 44.9 Å². The van der Waals surface area contributed by atoms with Gasteiger partial charge in [0.1, 0.15) is 6.61 Å². The lowest BCUT2D eigenvalue weighted by Gasteiger charge is -2.32. The molecular weight excluding hydrogens is 364 g/mol. The first-order valence-corrected chi connectivity index (χ1v) is 10.7. The third-order valence-corrected chi connectivity index (χ3v) is 6.36. The summed E-state index contributed by atoms with van der Waals surface area (Å²) >= 11 is 0. The van der Waals surface area contributed by atoms with Crippen LogP contribution < -0.4 is 10.2 Å². The SMILES string of the molecule is O=C(CO)c1cnc(N2CCC(CNCCC3CCc4ccccc43)CC2)nc1. The number of benzene rings is 1. The molecule has 2 aliphatic rings. The molecule has 4 rings (SSSR count). The van der Waals surface area contributed by atoms with E-state index in [1.54, 1.807) is 11.1 Å². The van der Waals surface area contributed by atoms with Crippen LogP contribution in [0, 0.1) is 5.92 Å². The van der Waals surface area contributed by atoms with Crippen molar-refractivity contribution in [2.24, 2.45) is 5.92 Å². The van der Waals surface area contributed by atoms with Gasteiger partial charge in [-0.3, -0.25) is 4.79 Å². The molecule has 29 heavy (non-hydrogen) atoms. The molecule has 2 heterocycles. The fourth-order valence-electron chi connectivity index (χ4n) is 4.58. The van der Waals surface area contributed by atoms with Crippen molar-refractivity contribution in [2.75, 3.05) is 37.7 Å². The van der Waals surface area contributed by atoms with Crippen molar-refractivity contribution >= 4 is 11.7 Å². The van der Waals surface area contributed by atoms with Crippen LogP contribution in [0.5, 0.6) is 0 Å². The topological polar surface area (TPSA) is 78.3 Å². The van der Waals surface area contributed by atoms with Crippen LogP contribution in [0.15, 0.2) is 36.7 Å². The number of nitrogens with one attached hydrogen (secondary N) is 1. The van der Waals surface area contributed by atoms with Crippen molar-refractivity contribution in [1.82, 2.24) is 15.3 Å². The highest BCUT2D eigenvalue weighted by Gasteiger charge is 2.23. The number of anilines is 1. The van der Waals surface area contributed by atoms with Gasteiger partial charge in [0, 0.05) is 25.5 Å². The lowest BCUT2D eigenvalue weighted by atomic mass is 9.96. The fraction of sp³-hybridized carbons (Fsp3) is 0.522. The van der Waals surface area contributed by atoms with Crippen LogP contribution in [0.25, 0.3) is 0 Å². The van der Waals surface area contributed by atoms with Crippen LogP contribution in [0.1, 0.15) is 53.1 Å². The molecule has 1 aliphatic heterocycles. The number of rotatable bonds is 8. The summed E-state index contributed by atoms with van der Waals surface area (Å²) in [5.41, 5.74) is 3.47. The number of hydrogen-bond acceptors (Lipinski definition) is 6. The van der Waals surface area contributed by atoms with Crippen LogP contribution in [0.4, 0.5) is 5.95 Å². The molecule has 0 spiro atoms. The van der Waals surface area contributed by atoms with Crippen LogP contribution in [-0.4, -0.2) is 53.6 Å². The number of piperidine rings is 1. The average molecular weight is 395 g/mol. The van der Waals surface area contributed by atoms with Crippen LogP contribution in [-0.2, 0) is 6.42 Å². The highest BCUT2D eigenvalue weighted by Crippen LogP contribution is 2.34. The molecule has 2 aromatic rings. The van der Waals surface area contributed by atoms with E-state index < -0.39 is 6.61 Å². The van der Waals surface area contributed by atoms with Gasteiger partial charge < -0.3 is 15.3 Å². The summed E-state index contributed by atoms with van der Waals surface area (Å²) in [5.74, 6) is 1.74. The summed E-state index contributed by atoms with van der Waals surface area (Å²) in [5, 5.41) is 12.6. The van der Waals surface area contributed by atoms with Gasteiger partial charge in [-0.2, -0.15) is 0 Å². The molecule has 1 aromatic heterocycles. The first kappa shape index (κ1) is 20.0. The average Bonchev–Trinajstić information content (AvgIpc) is 3.20. The molecule has 1 aliphatic carbocycles. The van der Waals surface area contributed by atoms with E-state index in [-0.39, 0.29) is 5.78 Å². The summed E-state index contributed by atoms with van der Waals surface area (Å²) in [6, 6.07) is 8.90. The number of aliphatic hydroxyl groups excluding tert-OH is 1. The Bertz CT molecular complexity index is 816. The summed E-state index contributed by atoms with van der Waals surface area (Å²) in [7, 11) is 0. The second kappa shape index (κ2) is 9.46. The van der Waals surface area contributed by atoms with Gasteiger partial charge in [0.15, 0.2) is 5.78 Å². The predicted octanol–water partition coefficient (Wildman–Crippen LogP) is 2.58. The third-order valence-electron chi connectivity index (χ3n) is 6.36. The lowest BCUT2D eigenvalue weighted by Crippen LogP contribution is -2.38. The van der Waals surface area contributed by atoms with Gasteiger partial charge in [0.25, 0.3) is 0 Å². The van der Waals surface area contributed by atoms with E-state index in [1.165, 1.54) is 31.7 Å². The predicted molar refractivity (Wildman–Crippen MR) is 113 cm³/mol. The normalized spacial score (nSPS) is 19.3. The molecule has 1 aromatic carbocycles. The maximum Gasteiger partial charge on any atom is 0.225 e. The van der Waals surface area contributed by atoms with Crippen LogP contribution in [0.3, 0.4) is 0 Å². The zero-order valence-corrected chi connectivity index (χ0v) is 16.9. The molecule has 1 saturated heterocycles. The molecule has 1 atom stereocenters. The van der Waals surface area contributed by atoms with E-state index in [9.17, 15) is 4.79 Å². The highest BCUT2D eigenvalue weighted by molar-refractivity contribution is 5.96. The molecule has 6 nitrogen and oxygen atoms in total. The maximum absolute atomic E-state index is 11.5. The number of aryl methyl sites for hydroxylation is 1. The van der Waals surface area contributed by atoms with Gasteiger partial charge in [-0.15, -0.1) is 0 Å². The van der Waals surface area contributed by atoms with E-state index in [2.05, 4.69) is 44.5 Å². The number of fused-ring (bicyclic) bond motifs is 1. The molecular formula is C23H30N4O2. The van der Waals surface area contributed by atoms with E-state index >= 15 is 0 Å². The number of carbonyl (C=O) groups excluding carboxylic acids is 1. The van der Waals surface area contributed by atoms with Crippen LogP contribution >= 0.6 is 0 Å². The third kappa shape index (κ3) is 4.82. The molecule has 6 heteroatoms. The van der Waals surface area contributed by atoms with Gasteiger partial charge in [0.05, 0.1) is 5.56 Å².